The maximum atomic E-state index is 12.0. The highest BCUT2D eigenvalue weighted by atomic mass is 32.2. The van der Waals surface area contributed by atoms with Gasteiger partial charge in [-0.05, 0) is 24.5 Å². The van der Waals surface area contributed by atoms with Crippen molar-refractivity contribution < 1.29 is 13.2 Å². The molecule has 1 aromatic heterocycles. The summed E-state index contributed by atoms with van der Waals surface area (Å²) in [6.07, 6.45) is 2.28. The summed E-state index contributed by atoms with van der Waals surface area (Å²) in [5.74, 6) is 0.374. The predicted octanol–water partition coefficient (Wildman–Crippen LogP) is 1.79. The van der Waals surface area contributed by atoms with Crippen molar-refractivity contribution in [2.75, 3.05) is 23.4 Å². The summed E-state index contributed by atoms with van der Waals surface area (Å²) >= 11 is 0. The Kier molecular flexibility index (Phi) is 3.98. The number of aromatic nitrogens is 1. The standard InChI is InChI=1S/C15H17N3O3S/c19-15(17-9-11-6-8-22(20,21)10-11)18-13-5-1-3-12-4-2-7-16-14(12)13/h1-5,7,11H,6,8-10H2,(H2,17,18,19). The zero-order valence-corrected chi connectivity index (χ0v) is 12.8. The normalized spacial score (nSPS) is 19.9. The van der Waals surface area contributed by atoms with Gasteiger partial charge in [0.25, 0.3) is 0 Å². The number of fused-ring (bicyclic) bond motifs is 1. The van der Waals surface area contributed by atoms with Crippen LogP contribution in [0.2, 0.25) is 0 Å². The number of urea groups is 1. The van der Waals surface area contributed by atoms with Gasteiger partial charge < -0.3 is 10.6 Å². The van der Waals surface area contributed by atoms with Crippen LogP contribution in [0.5, 0.6) is 0 Å². The molecule has 1 aliphatic rings. The molecule has 0 saturated carbocycles. The van der Waals surface area contributed by atoms with Crippen LogP contribution >= 0.6 is 0 Å². The molecule has 1 fully saturated rings. The topological polar surface area (TPSA) is 88.2 Å². The van der Waals surface area contributed by atoms with Gasteiger partial charge in [-0.1, -0.05) is 18.2 Å². The summed E-state index contributed by atoms with van der Waals surface area (Å²) in [5, 5.41) is 6.45. The highest BCUT2D eigenvalue weighted by Crippen LogP contribution is 2.21. The van der Waals surface area contributed by atoms with Gasteiger partial charge in [0.2, 0.25) is 0 Å². The lowest BCUT2D eigenvalue weighted by Gasteiger charge is -2.12. The molecule has 0 spiro atoms. The van der Waals surface area contributed by atoms with Crippen LogP contribution in [-0.4, -0.2) is 37.5 Å². The van der Waals surface area contributed by atoms with Crippen molar-refractivity contribution in [3.05, 3.63) is 36.5 Å². The zero-order valence-electron chi connectivity index (χ0n) is 12.0. The number of sulfone groups is 1. The van der Waals surface area contributed by atoms with Gasteiger partial charge in [-0.25, -0.2) is 13.2 Å². The first kappa shape index (κ1) is 14.8. The maximum Gasteiger partial charge on any atom is 0.319 e. The zero-order chi connectivity index (χ0) is 15.6. The molecule has 2 heterocycles. The molecule has 1 atom stereocenters. The van der Waals surface area contributed by atoms with Gasteiger partial charge in [-0.3, -0.25) is 4.98 Å². The summed E-state index contributed by atoms with van der Waals surface area (Å²) in [5.41, 5.74) is 1.36. The molecule has 116 valence electrons. The lowest BCUT2D eigenvalue weighted by molar-refractivity contribution is 0.250. The van der Waals surface area contributed by atoms with Crippen LogP contribution in [-0.2, 0) is 9.84 Å². The number of hydrogen-bond acceptors (Lipinski definition) is 4. The predicted molar refractivity (Wildman–Crippen MR) is 85.5 cm³/mol. The van der Waals surface area contributed by atoms with Crippen molar-refractivity contribution in [1.82, 2.24) is 10.3 Å². The maximum absolute atomic E-state index is 12.0. The van der Waals surface area contributed by atoms with Gasteiger partial charge in [-0.15, -0.1) is 0 Å². The molecular weight excluding hydrogens is 302 g/mol. The van der Waals surface area contributed by atoms with E-state index in [1.165, 1.54) is 0 Å². The van der Waals surface area contributed by atoms with Crippen molar-refractivity contribution in [3.8, 4) is 0 Å². The number of benzene rings is 1. The third-order valence-electron chi connectivity index (χ3n) is 3.76. The lowest BCUT2D eigenvalue weighted by atomic mass is 10.1. The number of rotatable bonds is 3. The van der Waals surface area contributed by atoms with E-state index < -0.39 is 9.84 Å². The monoisotopic (exact) mass is 319 g/mol. The molecule has 2 amide bonds. The van der Waals surface area contributed by atoms with E-state index in [-0.39, 0.29) is 23.5 Å². The van der Waals surface area contributed by atoms with E-state index >= 15 is 0 Å². The van der Waals surface area contributed by atoms with E-state index in [1.807, 2.05) is 24.3 Å². The van der Waals surface area contributed by atoms with Crippen molar-refractivity contribution in [2.45, 2.75) is 6.42 Å². The van der Waals surface area contributed by atoms with Gasteiger partial charge in [-0.2, -0.15) is 0 Å². The average Bonchev–Trinajstić information content (AvgIpc) is 2.85. The van der Waals surface area contributed by atoms with Crippen molar-refractivity contribution in [3.63, 3.8) is 0 Å². The fraction of sp³-hybridized carbons (Fsp3) is 0.333. The van der Waals surface area contributed by atoms with Crippen molar-refractivity contribution >= 4 is 32.5 Å². The van der Waals surface area contributed by atoms with Crippen LogP contribution in [0.25, 0.3) is 10.9 Å². The number of anilines is 1. The lowest BCUT2D eigenvalue weighted by Crippen LogP contribution is -2.33. The van der Waals surface area contributed by atoms with Crippen LogP contribution in [0.1, 0.15) is 6.42 Å². The Labute approximate surface area is 128 Å². The van der Waals surface area contributed by atoms with Crippen molar-refractivity contribution in [2.24, 2.45) is 5.92 Å². The summed E-state index contributed by atoms with van der Waals surface area (Å²) in [7, 11) is -2.91. The van der Waals surface area contributed by atoms with E-state index in [0.717, 1.165) is 10.9 Å². The summed E-state index contributed by atoms with van der Waals surface area (Å²) in [6.45, 7) is 0.364. The van der Waals surface area contributed by atoms with E-state index in [0.29, 0.717) is 18.7 Å². The first-order valence-corrected chi connectivity index (χ1v) is 8.95. The number of nitrogens with zero attached hydrogens (tertiary/aromatic N) is 1. The number of amides is 2. The number of carbonyl (C=O) groups excluding carboxylic acids is 1. The first-order valence-electron chi connectivity index (χ1n) is 7.12. The van der Waals surface area contributed by atoms with E-state index in [2.05, 4.69) is 15.6 Å². The van der Waals surface area contributed by atoms with Crippen LogP contribution in [0.3, 0.4) is 0 Å². The smallest absolute Gasteiger partial charge is 0.319 e. The van der Waals surface area contributed by atoms with Gasteiger partial charge >= 0.3 is 6.03 Å². The molecule has 1 aliphatic heterocycles. The molecule has 3 rings (SSSR count). The number of pyridine rings is 1. The fourth-order valence-electron chi connectivity index (χ4n) is 2.64. The highest BCUT2D eigenvalue weighted by Gasteiger charge is 2.27. The molecule has 2 aromatic rings. The Hall–Kier alpha value is -2.15. The first-order chi connectivity index (χ1) is 10.5. The van der Waals surface area contributed by atoms with Crippen molar-refractivity contribution in [1.29, 1.82) is 0 Å². The number of para-hydroxylation sites is 1. The average molecular weight is 319 g/mol. The number of hydrogen-bond donors (Lipinski definition) is 2. The van der Waals surface area contributed by atoms with E-state index in [4.69, 9.17) is 0 Å². The van der Waals surface area contributed by atoms with Gasteiger partial charge in [0.1, 0.15) is 0 Å². The SMILES string of the molecule is O=C(NCC1CCS(=O)(=O)C1)Nc1cccc2cccnc12. The van der Waals surface area contributed by atoms with Gasteiger partial charge in [0.15, 0.2) is 9.84 Å². The second-order valence-corrected chi connectivity index (χ2v) is 7.71. The third-order valence-corrected chi connectivity index (χ3v) is 5.60. The molecule has 0 aliphatic carbocycles. The number of nitrogens with one attached hydrogen (secondary N) is 2. The van der Waals surface area contributed by atoms with Gasteiger partial charge in [0, 0.05) is 18.1 Å². The van der Waals surface area contributed by atoms with Crippen LogP contribution in [0, 0.1) is 5.92 Å². The van der Waals surface area contributed by atoms with Crippen LogP contribution in [0.4, 0.5) is 10.5 Å². The largest absolute Gasteiger partial charge is 0.338 e. The quantitative estimate of drug-likeness (QED) is 0.903. The highest BCUT2D eigenvalue weighted by molar-refractivity contribution is 7.91. The summed E-state index contributed by atoms with van der Waals surface area (Å²) < 4.78 is 22.8. The Morgan fingerprint density at radius 3 is 2.86 bits per heavy atom. The molecule has 1 saturated heterocycles. The molecular formula is C15H17N3O3S. The minimum Gasteiger partial charge on any atom is -0.338 e. The number of carbonyl (C=O) groups is 1. The molecule has 6 nitrogen and oxygen atoms in total. The Morgan fingerprint density at radius 1 is 1.27 bits per heavy atom. The molecule has 7 heteroatoms. The minimum absolute atomic E-state index is 0.00129. The molecule has 0 radical (unpaired) electrons. The Balaban J connectivity index is 1.62. The molecule has 22 heavy (non-hydrogen) atoms. The summed E-state index contributed by atoms with van der Waals surface area (Å²) in [4.78, 5) is 16.2. The van der Waals surface area contributed by atoms with Gasteiger partial charge in [0.05, 0.1) is 22.7 Å². The fourth-order valence-corrected chi connectivity index (χ4v) is 4.50. The summed E-state index contributed by atoms with van der Waals surface area (Å²) in [6, 6.07) is 8.98. The second kappa shape index (κ2) is 5.92. The third kappa shape index (κ3) is 3.36. The van der Waals surface area contributed by atoms with Crippen LogP contribution in [0.15, 0.2) is 36.5 Å². The Bertz CT molecular complexity index is 799. The Morgan fingerprint density at radius 2 is 2.09 bits per heavy atom. The van der Waals surface area contributed by atoms with E-state index in [9.17, 15) is 13.2 Å². The second-order valence-electron chi connectivity index (χ2n) is 5.48. The molecule has 1 unspecified atom stereocenters. The van der Waals surface area contributed by atoms with E-state index in [1.54, 1.807) is 12.3 Å². The molecule has 1 aromatic carbocycles. The van der Waals surface area contributed by atoms with Crippen LogP contribution < -0.4 is 10.6 Å². The molecule has 0 bridgehead atoms. The minimum atomic E-state index is -2.91. The molecule has 2 N–H and O–H groups in total.